The van der Waals surface area contributed by atoms with Crippen molar-refractivity contribution in [3.8, 4) is 0 Å². The van der Waals surface area contributed by atoms with Crippen LogP contribution in [-0.4, -0.2) is 74.9 Å². The summed E-state index contributed by atoms with van der Waals surface area (Å²) >= 11 is 0. The molecule has 0 radical (unpaired) electrons. The Morgan fingerprint density at radius 3 is 1.37 bits per heavy atom. The third-order valence-electron chi connectivity index (χ3n) is 9.45. The third kappa shape index (κ3) is 40.2. The molecule has 0 amide bonds. The molecule has 1 unspecified atom stereocenters. The summed E-state index contributed by atoms with van der Waals surface area (Å²) < 4.78 is 34.3. The summed E-state index contributed by atoms with van der Waals surface area (Å²) in [6, 6.07) is 0. The number of hydrogen-bond donors (Lipinski definition) is 1. The van der Waals surface area contributed by atoms with Crippen LogP contribution in [-0.2, 0) is 32.7 Å². The highest BCUT2D eigenvalue weighted by Crippen LogP contribution is 2.43. The average molecular weight is 787 g/mol. The molecule has 10 heteroatoms. The molecule has 0 bridgehead atoms. The van der Waals surface area contributed by atoms with E-state index in [1.165, 1.54) is 89.9 Å². The van der Waals surface area contributed by atoms with Crippen LogP contribution in [0, 0.1) is 0 Å². The second-order valence-electron chi connectivity index (χ2n) is 16.1. The average Bonchev–Trinajstić information content (AvgIpc) is 3.12. The highest BCUT2D eigenvalue weighted by Gasteiger charge is 2.27. The monoisotopic (exact) mass is 787 g/mol. The number of rotatable bonds is 40. The topological polar surface area (TPSA) is 108 Å². The van der Waals surface area contributed by atoms with Crippen LogP contribution < -0.4 is 0 Å². The minimum absolute atomic E-state index is 0.0290. The van der Waals surface area contributed by atoms with Crippen LogP contribution in [0.5, 0.6) is 0 Å². The maximum absolute atomic E-state index is 12.7. The number of likely N-dealkylation sites (N-methyl/N-ethyl adjacent to an activating group) is 1. The summed E-state index contributed by atoms with van der Waals surface area (Å²) in [4.78, 5) is 35.3. The lowest BCUT2D eigenvalue weighted by molar-refractivity contribution is -0.870. The Bertz CT molecular complexity index is 980. The van der Waals surface area contributed by atoms with Crippen LogP contribution in [0.3, 0.4) is 0 Å². The molecule has 0 aromatic carbocycles. The second-order valence-corrected chi connectivity index (χ2v) is 17.5. The predicted octanol–water partition coefficient (Wildman–Crippen LogP) is 12.4. The SMILES string of the molecule is CCCCCCCCC/C=C\CCCCCCC(=O)OC[C@H](COP(=O)(O)OCC[N+](C)(C)C)OC(=O)CCCCCC/C=C\CCCCCCCCC. The molecule has 0 aromatic heterocycles. The fourth-order valence-electron chi connectivity index (χ4n) is 5.94. The van der Waals surface area contributed by atoms with Crippen LogP contribution in [0.25, 0.3) is 0 Å². The lowest BCUT2D eigenvalue weighted by atomic mass is 10.1. The molecular formula is C44H85NO8P+. The van der Waals surface area contributed by atoms with E-state index in [4.69, 9.17) is 18.5 Å². The van der Waals surface area contributed by atoms with Crippen LogP contribution in [0.4, 0.5) is 0 Å². The first-order valence-corrected chi connectivity index (χ1v) is 23.6. The Kier molecular flexibility index (Phi) is 36.1. The molecule has 318 valence electrons. The number of quaternary nitrogens is 1. The summed E-state index contributed by atoms with van der Waals surface area (Å²) in [5, 5.41) is 0. The number of esters is 2. The van der Waals surface area contributed by atoms with Gasteiger partial charge in [-0.3, -0.25) is 18.6 Å². The Morgan fingerprint density at radius 1 is 0.556 bits per heavy atom. The van der Waals surface area contributed by atoms with E-state index in [-0.39, 0.29) is 32.0 Å². The third-order valence-corrected chi connectivity index (χ3v) is 10.4. The van der Waals surface area contributed by atoms with E-state index in [9.17, 15) is 19.0 Å². The van der Waals surface area contributed by atoms with Gasteiger partial charge in [-0.1, -0.05) is 141 Å². The summed E-state index contributed by atoms with van der Waals surface area (Å²) in [7, 11) is 1.47. The van der Waals surface area contributed by atoms with Crippen LogP contribution in [0.1, 0.15) is 194 Å². The van der Waals surface area contributed by atoms with E-state index in [1.807, 2.05) is 21.1 Å². The van der Waals surface area contributed by atoms with Gasteiger partial charge in [0.2, 0.25) is 0 Å². The van der Waals surface area contributed by atoms with Gasteiger partial charge in [0.15, 0.2) is 6.10 Å². The molecule has 0 aromatic rings. The maximum Gasteiger partial charge on any atom is 0.472 e. The van der Waals surface area contributed by atoms with E-state index in [0.717, 1.165) is 70.6 Å². The molecule has 54 heavy (non-hydrogen) atoms. The van der Waals surface area contributed by atoms with Crippen molar-refractivity contribution >= 4 is 19.8 Å². The van der Waals surface area contributed by atoms with Crippen molar-refractivity contribution < 1.29 is 42.1 Å². The molecule has 1 N–H and O–H groups in total. The van der Waals surface area contributed by atoms with Gasteiger partial charge in [-0.05, 0) is 64.2 Å². The Balaban J connectivity index is 4.39. The minimum atomic E-state index is -4.38. The van der Waals surface area contributed by atoms with Gasteiger partial charge in [0.05, 0.1) is 27.7 Å². The summed E-state index contributed by atoms with van der Waals surface area (Å²) in [6.07, 6.45) is 39.3. The minimum Gasteiger partial charge on any atom is -0.462 e. The van der Waals surface area contributed by atoms with Crippen LogP contribution in [0.2, 0.25) is 0 Å². The molecule has 0 fully saturated rings. The van der Waals surface area contributed by atoms with Crippen molar-refractivity contribution in [3.05, 3.63) is 24.3 Å². The van der Waals surface area contributed by atoms with Crippen molar-refractivity contribution in [1.82, 2.24) is 0 Å². The first kappa shape index (κ1) is 52.5. The summed E-state index contributed by atoms with van der Waals surface area (Å²) in [6.45, 7) is 4.40. The highest BCUT2D eigenvalue weighted by molar-refractivity contribution is 7.47. The molecule has 2 atom stereocenters. The molecule has 0 rings (SSSR count). The molecule has 0 aliphatic rings. The summed E-state index contributed by atoms with van der Waals surface area (Å²) in [5.74, 6) is -0.821. The Morgan fingerprint density at radius 2 is 0.944 bits per heavy atom. The number of nitrogens with zero attached hydrogens (tertiary/aromatic N) is 1. The first-order chi connectivity index (χ1) is 26.0. The lowest BCUT2D eigenvalue weighted by Crippen LogP contribution is -2.37. The van der Waals surface area contributed by atoms with Gasteiger partial charge in [0.1, 0.15) is 19.8 Å². The molecule has 0 aliphatic heterocycles. The number of ether oxygens (including phenoxy) is 2. The zero-order valence-corrected chi connectivity index (χ0v) is 36.6. The summed E-state index contributed by atoms with van der Waals surface area (Å²) in [5.41, 5.74) is 0. The molecule has 0 saturated carbocycles. The van der Waals surface area contributed by atoms with Gasteiger partial charge < -0.3 is 18.9 Å². The van der Waals surface area contributed by atoms with E-state index in [2.05, 4.69) is 38.2 Å². The maximum atomic E-state index is 12.7. The number of allylic oxidation sites excluding steroid dienone is 4. The normalized spacial score (nSPS) is 13.8. The Hall–Kier alpha value is -1.51. The van der Waals surface area contributed by atoms with Crippen molar-refractivity contribution in [2.75, 3.05) is 47.5 Å². The zero-order valence-electron chi connectivity index (χ0n) is 35.7. The van der Waals surface area contributed by atoms with Gasteiger partial charge in [0, 0.05) is 12.8 Å². The number of phosphoric acid groups is 1. The number of hydrogen-bond acceptors (Lipinski definition) is 7. The standard InChI is InChI=1S/C44H84NO8P/c1-6-8-10-12-14-16-18-20-22-24-26-28-30-32-34-36-43(46)50-40-42(41-52-54(48,49)51-39-38-45(3,4)5)53-44(47)37-35-33-31-29-27-25-23-21-19-17-15-13-11-9-7-2/h22-25,42H,6-21,26-41H2,1-5H3/p+1/b24-22-,25-23-/t42-/m1/s1. The molecule has 0 heterocycles. The number of phosphoric ester groups is 1. The number of unbranched alkanes of at least 4 members (excludes halogenated alkanes) is 22. The largest absolute Gasteiger partial charge is 0.472 e. The van der Waals surface area contributed by atoms with Gasteiger partial charge >= 0.3 is 19.8 Å². The van der Waals surface area contributed by atoms with Crippen LogP contribution in [0.15, 0.2) is 24.3 Å². The molecule has 9 nitrogen and oxygen atoms in total. The van der Waals surface area contributed by atoms with E-state index >= 15 is 0 Å². The molecule has 0 saturated heterocycles. The van der Waals surface area contributed by atoms with Gasteiger partial charge in [-0.25, -0.2) is 4.57 Å². The van der Waals surface area contributed by atoms with Crippen LogP contribution >= 0.6 is 7.82 Å². The highest BCUT2D eigenvalue weighted by atomic mass is 31.2. The fraction of sp³-hybridized carbons (Fsp3) is 0.864. The van der Waals surface area contributed by atoms with Gasteiger partial charge in [0.25, 0.3) is 0 Å². The van der Waals surface area contributed by atoms with Gasteiger partial charge in [-0.2, -0.15) is 0 Å². The van der Waals surface area contributed by atoms with E-state index in [0.29, 0.717) is 17.4 Å². The fourth-order valence-corrected chi connectivity index (χ4v) is 6.69. The van der Waals surface area contributed by atoms with Crippen molar-refractivity contribution in [2.24, 2.45) is 0 Å². The molecule has 0 aliphatic carbocycles. The lowest BCUT2D eigenvalue weighted by Gasteiger charge is -2.24. The quantitative estimate of drug-likeness (QED) is 0.0215. The van der Waals surface area contributed by atoms with E-state index < -0.39 is 26.5 Å². The second kappa shape index (κ2) is 37.1. The molecular weight excluding hydrogens is 701 g/mol. The van der Waals surface area contributed by atoms with Gasteiger partial charge in [-0.15, -0.1) is 0 Å². The predicted molar refractivity (Wildman–Crippen MR) is 224 cm³/mol. The van der Waals surface area contributed by atoms with Crippen molar-refractivity contribution in [1.29, 1.82) is 0 Å². The van der Waals surface area contributed by atoms with Crippen molar-refractivity contribution in [2.45, 2.75) is 200 Å². The number of carbonyl (C=O) groups excluding carboxylic acids is 2. The zero-order chi connectivity index (χ0) is 40.0. The number of carbonyl (C=O) groups is 2. The van der Waals surface area contributed by atoms with Crippen molar-refractivity contribution in [3.63, 3.8) is 0 Å². The smallest absolute Gasteiger partial charge is 0.462 e. The first-order valence-electron chi connectivity index (χ1n) is 22.1. The Labute approximate surface area is 332 Å². The molecule has 0 spiro atoms. The van der Waals surface area contributed by atoms with E-state index in [1.54, 1.807) is 0 Å².